The van der Waals surface area contributed by atoms with E-state index in [1.807, 2.05) is 18.2 Å². The Kier molecular flexibility index (Phi) is 9.19. The second kappa shape index (κ2) is 12.8. The third-order valence-corrected chi connectivity index (χ3v) is 7.15. The third kappa shape index (κ3) is 7.80. The Morgan fingerprint density at radius 3 is 2.49 bits per heavy atom. The monoisotopic (exact) mass is 514 g/mol. The number of aliphatic imine (C=N–C) groups is 1. The molecule has 0 heterocycles. The summed E-state index contributed by atoms with van der Waals surface area (Å²) < 4.78 is 0. The van der Waals surface area contributed by atoms with Gasteiger partial charge >= 0.3 is 0 Å². The number of hydrogen-bond donors (Lipinski definition) is 0. The number of allylic oxidation sites excluding steroid dienone is 8. The summed E-state index contributed by atoms with van der Waals surface area (Å²) in [5.74, 6) is 1.26. The van der Waals surface area contributed by atoms with Gasteiger partial charge in [0.25, 0.3) is 0 Å². The zero-order valence-electron chi connectivity index (χ0n) is 24.0. The molecule has 1 atom stereocenters. The van der Waals surface area contributed by atoms with Gasteiger partial charge in [0, 0.05) is 19.5 Å². The molecule has 0 N–H and O–H groups in total. The zero-order valence-corrected chi connectivity index (χ0v) is 24.0. The van der Waals surface area contributed by atoms with Gasteiger partial charge in [0.05, 0.1) is 5.70 Å². The maximum atomic E-state index is 5.23. The molecule has 2 aromatic carbocycles. The molecule has 1 unspecified atom stereocenters. The summed E-state index contributed by atoms with van der Waals surface area (Å²) in [4.78, 5) is 7.52. The average molecular weight is 515 g/mol. The van der Waals surface area contributed by atoms with Gasteiger partial charge < -0.3 is 4.90 Å². The number of hydrogen-bond acceptors (Lipinski definition) is 1. The van der Waals surface area contributed by atoms with Gasteiger partial charge in [-0.3, -0.25) is 0 Å². The van der Waals surface area contributed by atoms with Gasteiger partial charge in [-0.2, -0.15) is 0 Å². The second-order valence-electron chi connectivity index (χ2n) is 11.7. The van der Waals surface area contributed by atoms with Gasteiger partial charge in [-0.05, 0) is 70.2 Å². The highest BCUT2D eigenvalue weighted by atomic mass is 15.2. The molecule has 0 saturated carbocycles. The lowest BCUT2D eigenvalue weighted by Gasteiger charge is -2.28. The van der Waals surface area contributed by atoms with E-state index in [9.17, 15) is 0 Å². The lowest BCUT2D eigenvalue weighted by molar-refractivity contribution is 0.420. The van der Waals surface area contributed by atoms with Crippen LogP contribution < -0.4 is 0 Å². The Hall–Kier alpha value is -3.91. The van der Waals surface area contributed by atoms with Crippen LogP contribution in [0.25, 0.3) is 12.2 Å². The van der Waals surface area contributed by atoms with Gasteiger partial charge in [0.15, 0.2) is 0 Å². The highest BCUT2D eigenvalue weighted by Crippen LogP contribution is 2.33. The van der Waals surface area contributed by atoms with Gasteiger partial charge in [-0.1, -0.05) is 125 Å². The van der Waals surface area contributed by atoms with Gasteiger partial charge in [0.2, 0.25) is 0 Å². The zero-order chi connectivity index (χ0) is 27.8. The van der Waals surface area contributed by atoms with E-state index >= 15 is 0 Å². The number of nitrogens with zero attached hydrogens (tertiary/aromatic N) is 2. The summed E-state index contributed by atoms with van der Waals surface area (Å²) in [6.45, 7) is 15.4. The Morgan fingerprint density at radius 2 is 1.85 bits per heavy atom. The molecule has 0 bridgehead atoms. The van der Waals surface area contributed by atoms with Crippen LogP contribution in [0.2, 0.25) is 0 Å². The van der Waals surface area contributed by atoms with Crippen LogP contribution in [0.1, 0.15) is 55.9 Å². The Balaban J connectivity index is 1.58. The fraction of sp³-hybridized carbons (Fsp3) is 0.270. The summed E-state index contributed by atoms with van der Waals surface area (Å²) in [6, 6.07) is 17.3. The second-order valence-corrected chi connectivity index (χ2v) is 11.7. The number of amidine groups is 1. The van der Waals surface area contributed by atoms with E-state index in [1.54, 1.807) is 0 Å². The predicted molar refractivity (Wildman–Crippen MR) is 170 cm³/mol. The lowest BCUT2D eigenvalue weighted by Crippen LogP contribution is -2.32. The first-order chi connectivity index (χ1) is 18.8. The number of fused-ring (bicyclic) bond motifs is 1. The van der Waals surface area contributed by atoms with Crippen LogP contribution in [-0.4, -0.2) is 17.8 Å². The molecule has 2 nitrogen and oxygen atoms in total. The minimum Gasteiger partial charge on any atom is -0.358 e. The van der Waals surface area contributed by atoms with Crippen molar-refractivity contribution in [2.24, 2.45) is 16.3 Å². The van der Waals surface area contributed by atoms with Crippen LogP contribution in [0, 0.1) is 11.3 Å². The Bertz CT molecular complexity index is 1370. The first-order valence-electron chi connectivity index (χ1n) is 13.9. The van der Waals surface area contributed by atoms with E-state index in [0.717, 1.165) is 42.9 Å². The fourth-order valence-electron chi connectivity index (χ4n) is 5.00. The molecule has 4 rings (SSSR count). The molecule has 0 amide bonds. The van der Waals surface area contributed by atoms with Crippen LogP contribution in [0.15, 0.2) is 126 Å². The molecule has 0 aromatic heterocycles. The van der Waals surface area contributed by atoms with Crippen molar-refractivity contribution < 1.29 is 0 Å². The van der Waals surface area contributed by atoms with Crippen molar-refractivity contribution in [2.45, 2.75) is 46.6 Å². The van der Waals surface area contributed by atoms with Crippen molar-refractivity contribution in [2.75, 3.05) is 7.05 Å². The van der Waals surface area contributed by atoms with Gasteiger partial charge in [-0.15, -0.1) is 0 Å². The first kappa shape index (κ1) is 28.1. The molecular weight excluding hydrogens is 472 g/mol. The van der Waals surface area contributed by atoms with E-state index in [2.05, 4.69) is 131 Å². The van der Waals surface area contributed by atoms with Crippen LogP contribution in [0.3, 0.4) is 0 Å². The van der Waals surface area contributed by atoms with Gasteiger partial charge in [0.1, 0.15) is 5.84 Å². The van der Waals surface area contributed by atoms with E-state index in [0.29, 0.717) is 0 Å². The van der Waals surface area contributed by atoms with Gasteiger partial charge in [-0.25, -0.2) is 4.99 Å². The maximum absolute atomic E-state index is 5.23. The molecule has 2 heteroatoms. The molecule has 2 aliphatic rings. The molecule has 0 aliphatic heterocycles. The highest BCUT2D eigenvalue weighted by Gasteiger charge is 2.22. The summed E-state index contributed by atoms with van der Waals surface area (Å²) in [7, 11) is 2.15. The molecule has 0 fully saturated rings. The van der Waals surface area contributed by atoms with Crippen LogP contribution in [0.4, 0.5) is 0 Å². The molecular formula is C37H42N2. The molecule has 2 aromatic rings. The first-order valence-corrected chi connectivity index (χ1v) is 13.9. The summed E-state index contributed by atoms with van der Waals surface area (Å²) in [5, 5.41) is 0. The Labute approximate surface area is 235 Å². The third-order valence-electron chi connectivity index (χ3n) is 7.15. The van der Waals surface area contributed by atoms with Crippen molar-refractivity contribution in [1.29, 1.82) is 0 Å². The van der Waals surface area contributed by atoms with E-state index in [1.165, 1.54) is 27.8 Å². The highest BCUT2D eigenvalue weighted by molar-refractivity contribution is 5.88. The summed E-state index contributed by atoms with van der Waals surface area (Å²) in [5.41, 5.74) is 9.02. The lowest BCUT2D eigenvalue weighted by atomic mass is 9.90. The predicted octanol–water partition coefficient (Wildman–Crippen LogP) is 9.36. The summed E-state index contributed by atoms with van der Waals surface area (Å²) in [6.07, 6.45) is 22.3. The van der Waals surface area contributed by atoms with E-state index < -0.39 is 0 Å². The van der Waals surface area contributed by atoms with Crippen molar-refractivity contribution in [3.8, 4) is 0 Å². The normalized spacial score (nSPS) is 17.6. The number of rotatable bonds is 9. The minimum atomic E-state index is 0.194. The quantitative estimate of drug-likeness (QED) is 0.185. The Morgan fingerprint density at radius 1 is 1.08 bits per heavy atom. The van der Waals surface area contributed by atoms with Crippen LogP contribution in [0.5, 0.6) is 0 Å². The minimum absolute atomic E-state index is 0.194. The largest absolute Gasteiger partial charge is 0.358 e. The van der Waals surface area contributed by atoms with E-state index in [-0.39, 0.29) is 11.3 Å². The van der Waals surface area contributed by atoms with E-state index in [4.69, 9.17) is 4.99 Å². The SMILES string of the molecule is C=C/C=C(\C=C/CC(C)(C)C)/N=C(/C1C=CC(C2=Cc3ccccc3C2)=CC1)N(C)Cc1ccc(C=C)cc1. The topological polar surface area (TPSA) is 15.6 Å². The molecule has 200 valence electrons. The molecule has 2 aliphatic carbocycles. The maximum Gasteiger partial charge on any atom is 0.112 e. The molecule has 0 saturated heterocycles. The molecule has 0 spiro atoms. The van der Waals surface area contributed by atoms with Crippen molar-refractivity contribution in [1.82, 2.24) is 4.90 Å². The molecule has 39 heavy (non-hydrogen) atoms. The van der Waals surface area contributed by atoms with Crippen molar-refractivity contribution in [3.05, 3.63) is 143 Å². The smallest absolute Gasteiger partial charge is 0.112 e. The standard InChI is InChI=1S/C37H42N2/c1-7-12-35(15-11-24-37(3,4)5)38-36(39(6)27-29-18-16-28(8-2)17-19-29)31-22-20-30(21-23-31)34-25-32-13-9-10-14-33(32)26-34/h7-22,25,31H,1-2,23-24,26-27H2,3-6H3/b15-11-,35-12+,38-36-. The van der Waals surface area contributed by atoms with Crippen LogP contribution in [-0.2, 0) is 13.0 Å². The van der Waals surface area contributed by atoms with Crippen molar-refractivity contribution >= 4 is 18.0 Å². The number of benzene rings is 2. The van der Waals surface area contributed by atoms with Crippen molar-refractivity contribution in [3.63, 3.8) is 0 Å². The molecule has 0 radical (unpaired) electrons. The average Bonchev–Trinajstić information content (AvgIpc) is 3.36. The summed E-state index contributed by atoms with van der Waals surface area (Å²) >= 11 is 0. The fourth-order valence-corrected chi connectivity index (χ4v) is 5.00. The van der Waals surface area contributed by atoms with Crippen LogP contribution >= 0.6 is 0 Å².